The van der Waals surface area contributed by atoms with Crippen molar-refractivity contribution in [3.63, 3.8) is 0 Å². The molecule has 2 rings (SSSR count). The van der Waals surface area contributed by atoms with E-state index in [1.54, 1.807) is 0 Å². The second kappa shape index (κ2) is 8.92. The number of ether oxygens (including phenoxy) is 1. The molecule has 0 bridgehead atoms. The van der Waals surface area contributed by atoms with Crippen LogP contribution in [0.15, 0.2) is 24.3 Å². The molecule has 2 atom stereocenters. The van der Waals surface area contributed by atoms with E-state index in [4.69, 9.17) is 4.74 Å². The Morgan fingerprint density at radius 1 is 1.22 bits per heavy atom. The second-order valence-electron chi connectivity index (χ2n) is 6.77. The Labute approximate surface area is 140 Å². The van der Waals surface area contributed by atoms with E-state index in [2.05, 4.69) is 24.1 Å². The predicted octanol–water partition coefficient (Wildman–Crippen LogP) is 3.18. The van der Waals surface area contributed by atoms with Crippen LogP contribution >= 0.6 is 0 Å². The van der Waals surface area contributed by atoms with Gasteiger partial charge < -0.3 is 15.0 Å². The highest BCUT2D eigenvalue weighted by Crippen LogP contribution is 2.20. The number of hydrogen-bond acceptors (Lipinski definition) is 3. The van der Waals surface area contributed by atoms with Gasteiger partial charge in [-0.3, -0.25) is 4.79 Å². The number of rotatable bonds is 7. The van der Waals surface area contributed by atoms with E-state index >= 15 is 0 Å². The van der Waals surface area contributed by atoms with Crippen molar-refractivity contribution in [2.75, 3.05) is 32.8 Å². The van der Waals surface area contributed by atoms with Gasteiger partial charge in [0.15, 0.2) is 0 Å². The van der Waals surface area contributed by atoms with Gasteiger partial charge in [0.2, 0.25) is 0 Å². The van der Waals surface area contributed by atoms with E-state index in [9.17, 15) is 4.79 Å². The summed E-state index contributed by atoms with van der Waals surface area (Å²) >= 11 is 0. The summed E-state index contributed by atoms with van der Waals surface area (Å²) in [6.45, 7) is 11.4. The highest BCUT2D eigenvalue weighted by Gasteiger charge is 2.21. The third-order valence-electron chi connectivity index (χ3n) is 4.31. The maximum atomic E-state index is 12.1. The Morgan fingerprint density at radius 3 is 2.48 bits per heavy atom. The molecule has 0 unspecified atom stereocenters. The standard InChI is InChI=1S/C19H30N2O2/c1-4-23-18-8-6-17(7-9-18)19(22)20-10-5-11-21-13-15(2)12-16(3)14-21/h6-9,15-16H,4-5,10-14H2,1-3H3,(H,20,22)/t15-,16-/m0/s1. The van der Waals surface area contributed by atoms with Crippen molar-refractivity contribution in [1.82, 2.24) is 10.2 Å². The summed E-state index contributed by atoms with van der Waals surface area (Å²) in [5.74, 6) is 2.38. The number of hydrogen-bond donors (Lipinski definition) is 1. The number of amides is 1. The summed E-state index contributed by atoms with van der Waals surface area (Å²) in [6.07, 6.45) is 2.34. The van der Waals surface area contributed by atoms with Crippen LogP contribution in [0.4, 0.5) is 0 Å². The maximum Gasteiger partial charge on any atom is 0.251 e. The van der Waals surface area contributed by atoms with Crippen molar-refractivity contribution < 1.29 is 9.53 Å². The summed E-state index contributed by atoms with van der Waals surface area (Å²) in [5, 5.41) is 3.01. The van der Waals surface area contributed by atoms with Crippen LogP contribution in [0.1, 0.15) is 44.0 Å². The zero-order chi connectivity index (χ0) is 16.7. The maximum absolute atomic E-state index is 12.1. The fourth-order valence-corrected chi connectivity index (χ4v) is 3.45. The molecule has 1 aliphatic heterocycles. The SMILES string of the molecule is CCOc1ccc(C(=O)NCCCN2C[C@@H](C)C[C@H](C)C2)cc1. The highest BCUT2D eigenvalue weighted by atomic mass is 16.5. The van der Waals surface area contributed by atoms with Crippen LogP contribution in [0.2, 0.25) is 0 Å². The number of likely N-dealkylation sites (tertiary alicyclic amines) is 1. The van der Waals surface area contributed by atoms with Crippen LogP contribution in [0.3, 0.4) is 0 Å². The first-order chi connectivity index (χ1) is 11.1. The van der Waals surface area contributed by atoms with Gasteiger partial charge in [0, 0.05) is 25.2 Å². The van der Waals surface area contributed by atoms with Gasteiger partial charge in [-0.25, -0.2) is 0 Å². The number of nitrogens with one attached hydrogen (secondary N) is 1. The summed E-state index contributed by atoms with van der Waals surface area (Å²) in [5.41, 5.74) is 0.689. The fourth-order valence-electron chi connectivity index (χ4n) is 3.45. The summed E-state index contributed by atoms with van der Waals surface area (Å²) in [6, 6.07) is 7.31. The zero-order valence-corrected chi connectivity index (χ0v) is 14.7. The van der Waals surface area contributed by atoms with Gasteiger partial charge in [-0.05, 0) is 62.4 Å². The lowest BCUT2D eigenvalue weighted by molar-refractivity contribution is 0.0947. The number of nitrogens with zero attached hydrogens (tertiary/aromatic N) is 1. The molecule has 0 aliphatic carbocycles. The third kappa shape index (κ3) is 5.87. The van der Waals surface area contributed by atoms with Crippen molar-refractivity contribution in [3.8, 4) is 5.75 Å². The summed E-state index contributed by atoms with van der Waals surface area (Å²) in [4.78, 5) is 14.6. The predicted molar refractivity (Wildman–Crippen MR) is 93.9 cm³/mol. The first-order valence-electron chi connectivity index (χ1n) is 8.82. The van der Waals surface area contributed by atoms with Crippen LogP contribution in [-0.4, -0.2) is 43.6 Å². The van der Waals surface area contributed by atoms with Gasteiger partial charge in [-0.15, -0.1) is 0 Å². The molecule has 1 aromatic carbocycles. The minimum absolute atomic E-state index is 0.00608. The summed E-state index contributed by atoms with van der Waals surface area (Å²) < 4.78 is 5.39. The van der Waals surface area contributed by atoms with Crippen LogP contribution in [-0.2, 0) is 0 Å². The summed E-state index contributed by atoms with van der Waals surface area (Å²) in [7, 11) is 0. The van der Waals surface area contributed by atoms with Gasteiger partial charge in [0.25, 0.3) is 5.91 Å². The van der Waals surface area contributed by atoms with E-state index in [1.165, 1.54) is 19.5 Å². The van der Waals surface area contributed by atoms with Gasteiger partial charge in [0.1, 0.15) is 5.75 Å². The normalized spacial score (nSPS) is 21.9. The van der Waals surface area contributed by atoms with E-state index < -0.39 is 0 Å². The molecule has 1 saturated heterocycles. The van der Waals surface area contributed by atoms with Gasteiger partial charge in [-0.2, -0.15) is 0 Å². The molecule has 1 aliphatic rings. The first kappa shape index (κ1) is 17.8. The quantitative estimate of drug-likeness (QED) is 0.785. The minimum atomic E-state index is -0.00608. The van der Waals surface area contributed by atoms with Crippen LogP contribution < -0.4 is 10.1 Å². The molecule has 23 heavy (non-hydrogen) atoms. The Kier molecular flexibility index (Phi) is 6.90. The average Bonchev–Trinajstić information content (AvgIpc) is 2.51. The second-order valence-corrected chi connectivity index (χ2v) is 6.77. The van der Waals surface area contributed by atoms with Gasteiger partial charge >= 0.3 is 0 Å². The highest BCUT2D eigenvalue weighted by molar-refractivity contribution is 5.94. The van der Waals surface area contributed by atoms with Crippen molar-refractivity contribution in [3.05, 3.63) is 29.8 Å². The van der Waals surface area contributed by atoms with Gasteiger partial charge in [-0.1, -0.05) is 13.8 Å². The molecule has 0 saturated carbocycles. The molecule has 0 spiro atoms. The number of carbonyl (C=O) groups excluding carboxylic acids is 1. The molecular formula is C19H30N2O2. The monoisotopic (exact) mass is 318 g/mol. The van der Waals surface area contributed by atoms with E-state index in [0.29, 0.717) is 12.2 Å². The third-order valence-corrected chi connectivity index (χ3v) is 4.31. The van der Waals surface area contributed by atoms with Crippen molar-refractivity contribution in [2.24, 2.45) is 11.8 Å². The van der Waals surface area contributed by atoms with Crippen molar-refractivity contribution >= 4 is 5.91 Å². The first-order valence-corrected chi connectivity index (χ1v) is 8.82. The molecule has 0 aromatic heterocycles. The van der Waals surface area contributed by atoms with Crippen molar-refractivity contribution in [2.45, 2.75) is 33.6 Å². The van der Waals surface area contributed by atoms with E-state index in [-0.39, 0.29) is 5.91 Å². The fraction of sp³-hybridized carbons (Fsp3) is 0.632. The Bertz CT molecular complexity index is 477. The smallest absolute Gasteiger partial charge is 0.251 e. The van der Waals surface area contributed by atoms with E-state index in [1.807, 2.05) is 31.2 Å². The molecule has 4 heteroatoms. The average molecular weight is 318 g/mol. The molecule has 1 N–H and O–H groups in total. The molecule has 128 valence electrons. The zero-order valence-electron chi connectivity index (χ0n) is 14.7. The number of benzene rings is 1. The molecule has 1 fully saturated rings. The van der Waals surface area contributed by atoms with Crippen molar-refractivity contribution in [1.29, 1.82) is 0 Å². The van der Waals surface area contributed by atoms with Crippen LogP contribution in [0.25, 0.3) is 0 Å². The lowest BCUT2D eigenvalue weighted by Crippen LogP contribution is -2.40. The lowest BCUT2D eigenvalue weighted by Gasteiger charge is -2.34. The molecule has 0 radical (unpaired) electrons. The minimum Gasteiger partial charge on any atom is -0.494 e. The molecule has 1 heterocycles. The lowest BCUT2D eigenvalue weighted by atomic mass is 9.92. The van der Waals surface area contributed by atoms with Crippen LogP contribution in [0.5, 0.6) is 5.75 Å². The molecule has 1 aromatic rings. The molecule has 4 nitrogen and oxygen atoms in total. The number of piperidine rings is 1. The Balaban J connectivity index is 1.68. The Hall–Kier alpha value is -1.55. The largest absolute Gasteiger partial charge is 0.494 e. The molecule has 1 amide bonds. The number of carbonyl (C=O) groups is 1. The van der Waals surface area contributed by atoms with Gasteiger partial charge in [0.05, 0.1) is 6.61 Å². The molecular weight excluding hydrogens is 288 g/mol. The van der Waals surface area contributed by atoms with Crippen LogP contribution in [0, 0.1) is 11.8 Å². The Morgan fingerprint density at radius 2 is 1.87 bits per heavy atom. The topological polar surface area (TPSA) is 41.6 Å². The van der Waals surface area contributed by atoms with E-state index in [0.717, 1.165) is 37.1 Å².